The lowest BCUT2D eigenvalue weighted by molar-refractivity contribution is -0.146. The number of carbonyl (C=O) groups is 6. The highest BCUT2D eigenvalue weighted by molar-refractivity contribution is 7.86. The minimum atomic E-state index is -4.81. The molecule has 0 aromatic heterocycles. The van der Waals surface area contributed by atoms with Crippen LogP contribution in [0.3, 0.4) is 0 Å². The number of carboxylic acids is 2. The fourth-order valence-corrected chi connectivity index (χ4v) is 9.17. The van der Waals surface area contributed by atoms with Gasteiger partial charge in [0.15, 0.2) is 11.6 Å². The molecule has 2 aromatic rings. The van der Waals surface area contributed by atoms with E-state index >= 15 is 0 Å². The Morgan fingerprint density at radius 2 is 1.19 bits per heavy atom. The first-order chi connectivity index (χ1) is 29.9. The number of unbranched alkanes of at least 4 members (excludes halogenated alkanes) is 8. The highest BCUT2D eigenvalue weighted by Crippen LogP contribution is 2.43. The molecule has 64 heavy (non-hydrogen) atoms. The van der Waals surface area contributed by atoms with Gasteiger partial charge in [-0.2, -0.15) is 8.42 Å². The summed E-state index contributed by atoms with van der Waals surface area (Å²) >= 11 is 0. The number of nitrogens with one attached hydrogen (secondary N) is 3. The zero-order valence-corrected chi connectivity index (χ0v) is 38.9. The lowest BCUT2D eigenvalue weighted by Gasteiger charge is -2.32. The van der Waals surface area contributed by atoms with Gasteiger partial charge in [-0.05, 0) is 38.2 Å². The van der Waals surface area contributed by atoms with Crippen molar-refractivity contribution in [3.63, 3.8) is 0 Å². The largest absolute Gasteiger partial charge is 0.481 e. The van der Waals surface area contributed by atoms with Gasteiger partial charge in [-0.25, -0.2) is 0 Å². The molecule has 1 saturated carbocycles. The minimum absolute atomic E-state index is 0.0505. The third-order valence-corrected chi connectivity index (χ3v) is 14.4. The molecule has 20 heteroatoms. The number of hydrogen-bond donors (Lipinski definition) is 9. The van der Waals surface area contributed by atoms with Crippen LogP contribution in [0.5, 0.6) is 0 Å². The molecule has 2 aliphatic carbocycles. The van der Waals surface area contributed by atoms with Crippen molar-refractivity contribution in [3.05, 3.63) is 52.6 Å². The first kappa shape index (κ1) is 53.7. The van der Waals surface area contributed by atoms with Crippen LogP contribution in [0.1, 0.15) is 156 Å². The van der Waals surface area contributed by atoms with Crippen LogP contribution >= 0.6 is 7.60 Å². The first-order valence-electron chi connectivity index (χ1n) is 21.9. The fraction of sp³-hybridized carbons (Fsp3) is 0.591. The summed E-state index contributed by atoms with van der Waals surface area (Å²) in [4.78, 5) is 91.6. The lowest BCUT2D eigenvalue weighted by Crippen LogP contribution is -2.44. The molecule has 4 rings (SSSR count). The Bertz CT molecular complexity index is 2170. The predicted molar refractivity (Wildman–Crippen MR) is 240 cm³/mol. The van der Waals surface area contributed by atoms with Gasteiger partial charge >= 0.3 is 19.5 Å². The number of ketones is 2. The van der Waals surface area contributed by atoms with Crippen LogP contribution < -0.4 is 21.7 Å². The molecule has 1 fully saturated rings. The van der Waals surface area contributed by atoms with E-state index in [2.05, 4.69) is 22.9 Å². The van der Waals surface area contributed by atoms with E-state index in [-0.39, 0.29) is 52.4 Å². The highest BCUT2D eigenvalue weighted by Gasteiger charge is 2.38. The Morgan fingerprint density at radius 1 is 0.734 bits per heavy atom. The summed E-state index contributed by atoms with van der Waals surface area (Å²) in [5, 5.41) is 26.5. The van der Waals surface area contributed by atoms with Crippen LogP contribution in [0.2, 0.25) is 0 Å². The molecule has 10 N–H and O–H groups in total. The Morgan fingerprint density at radius 3 is 1.66 bits per heavy atom. The molecule has 0 heterocycles. The molecule has 2 aliphatic rings. The molecule has 0 spiro atoms. The van der Waals surface area contributed by atoms with E-state index in [1.807, 2.05) is 0 Å². The van der Waals surface area contributed by atoms with E-state index in [9.17, 15) is 56.1 Å². The summed E-state index contributed by atoms with van der Waals surface area (Å²) in [7, 11) is -9.29. The molecule has 2 amide bonds. The van der Waals surface area contributed by atoms with Crippen molar-refractivity contribution in [1.82, 2.24) is 10.6 Å². The third kappa shape index (κ3) is 14.7. The van der Waals surface area contributed by atoms with Crippen molar-refractivity contribution >= 4 is 64.4 Å². The second-order valence-corrected chi connectivity index (χ2v) is 20.2. The van der Waals surface area contributed by atoms with E-state index in [1.54, 1.807) is 19.1 Å². The quantitative estimate of drug-likeness (QED) is 0.0229. The van der Waals surface area contributed by atoms with Crippen LogP contribution in [0.25, 0.3) is 0 Å². The Kier molecular flexibility index (Phi) is 20.1. The van der Waals surface area contributed by atoms with Gasteiger partial charge in [-0.1, -0.05) is 117 Å². The number of nitrogen functional groups attached to an aromatic ring is 1. The molecular formula is C44H65N4O14PS. The zero-order valence-electron chi connectivity index (χ0n) is 37.2. The second-order valence-electron chi connectivity index (χ2n) is 17.0. The molecule has 0 aliphatic heterocycles. The van der Waals surface area contributed by atoms with Gasteiger partial charge in [-0.3, -0.25) is 37.9 Å². The Balaban J connectivity index is 0.000000369. The van der Waals surface area contributed by atoms with E-state index < -0.39 is 87.2 Å². The van der Waals surface area contributed by atoms with Gasteiger partial charge in [0.25, 0.3) is 10.1 Å². The van der Waals surface area contributed by atoms with Gasteiger partial charge in [0.2, 0.25) is 11.8 Å². The number of amides is 2. The standard InChI is InChI=1S/C26H29N3O8S.C18H36NO6P/c1-12(13(2)26(33)34)25(32)29-15-9-7-14(8-10-15)28-18-11-19(38(35,36)37)22(27)21-20(18)23(30)16-5-3-4-6-17(16)24(21)31;1-4-5-6-7-8-9-10-11-12-13-16(26(23,24)25)19-17(20)14(2)15(3)18(21)22/h3-6,11-15,28H,7-10,27H2,1-2H3,(H,29,32)(H,33,34)(H,35,36,37);14-16H,4-13H2,1-3H3,(H,19,20)(H,21,22)(H2,23,24,25)/t12-,13-,14?,15?;14-,15-,16?/m11/s1. The number of benzene rings is 2. The maximum absolute atomic E-state index is 13.4. The topological polar surface area (TPSA) is 317 Å². The minimum Gasteiger partial charge on any atom is -0.481 e. The fourth-order valence-electron chi connectivity index (χ4n) is 7.71. The molecule has 1 unspecified atom stereocenters. The van der Waals surface area contributed by atoms with Crippen LogP contribution in [-0.2, 0) is 33.9 Å². The molecular weight excluding hydrogens is 872 g/mol. The summed E-state index contributed by atoms with van der Waals surface area (Å²) in [5.41, 5.74) is 5.54. The summed E-state index contributed by atoms with van der Waals surface area (Å²) in [5.74, 6) is -8.79. The van der Waals surface area contributed by atoms with E-state index in [1.165, 1.54) is 65.0 Å². The number of carboxylic acid groups (broad SMARTS) is 2. The highest BCUT2D eigenvalue weighted by atomic mass is 32.2. The van der Waals surface area contributed by atoms with Crippen LogP contribution in [0.4, 0.5) is 11.4 Å². The van der Waals surface area contributed by atoms with Crippen molar-refractivity contribution < 1.29 is 66.3 Å². The van der Waals surface area contributed by atoms with Crippen LogP contribution in [0, 0.1) is 23.7 Å². The molecule has 2 aromatic carbocycles. The van der Waals surface area contributed by atoms with Crippen molar-refractivity contribution in [2.24, 2.45) is 23.7 Å². The predicted octanol–water partition coefficient (Wildman–Crippen LogP) is 6.37. The van der Waals surface area contributed by atoms with Crippen molar-refractivity contribution in [3.8, 4) is 0 Å². The second kappa shape index (κ2) is 24.0. The Hall–Kier alpha value is -4.68. The van der Waals surface area contributed by atoms with Crippen LogP contribution in [-0.4, -0.2) is 86.2 Å². The Labute approximate surface area is 374 Å². The first-order valence-corrected chi connectivity index (χ1v) is 25.0. The number of nitrogens with two attached hydrogens (primary N) is 1. The van der Waals surface area contributed by atoms with Gasteiger partial charge in [0.1, 0.15) is 10.7 Å². The average molecular weight is 937 g/mol. The molecule has 5 atom stereocenters. The van der Waals surface area contributed by atoms with Gasteiger partial charge in [0, 0.05) is 40.7 Å². The molecule has 0 bridgehead atoms. The van der Waals surface area contributed by atoms with Gasteiger partial charge in [0.05, 0.1) is 28.7 Å². The summed E-state index contributed by atoms with van der Waals surface area (Å²) in [6.07, 6.45) is 12.1. The number of anilines is 2. The molecule has 0 saturated heterocycles. The van der Waals surface area contributed by atoms with E-state index in [4.69, 9.17) is 15.9 Å². The normalized spacial score (nSPS) is 18.4. The number of carbonyl (C=O) groups excluding carboxylic acids is 4. The number of aliphatic carboxylic acids is 2. The number of rotatable bonds is 22. The summed E-state index contributed by atoms with van der Waals surface area (Å²) < 4.78 is 45.6. The van der Waals surface area contributed by atoms with E-state index in [0.717, 1.165) is 25.3 Å². The molecule has 0 radical (unpaired) electrons. The van der Waals surface area contributed by atoms with Gasteiger partial charge in [-0.15, -0.1) is 0 Å². The average Bonchev–Trinajstić information content (AvgIpc) is 3.23. The molecule has 18 nitrogen and oxygen atoms in total. The van der Waals surface area contributed by atoms with Crippen molar-refractivity contribution in [2.45, 2.75) is 147 Å². The summed E-state index contributed by atoms with van der Waals surface area (Å²) in [6.45, 7) is 8.07. The zero-order chi connectivity index (χ0) is 48.1. The van der Waals surface area contributed by atoms with Crippen molar-refractivity contribution in [1.29, 1.82) is 0 Å². The SMILES string of the molecule is CCCCCCCCCCCC(NC(=O)[C@H](C)[C@@H](C)C(=O)O)P(=O)(O)O.C[C@@H](C(=O)O)[C@@H](C)C(=O)NC1CCC(Nc2cc(S(=O)(=O)O)c(N)c3c2C(=O)c2ccccc2C3=O)CC1. The van der Waals surface area contributed by atoms with Gasteiger partial charge < -0.3 is 41.7 Å². The molecule has 356 valence electrons. The number of fused-ring (bicyclic) bond motifs is 2. The maximum atomic E-state index is 13.4. The number of hydrogen-bond acceptors (Lipinski definition) is 11. The summed E-state index contributed by atoms with van der Waals surface area (Å²) in [6, 6.07) is 6.83. The monoisotopic (exact) mass is 936 g/mol. The maximum Gasteiger partial charge on any atom is 0.347 e. The van der Waals surface area contributed by atoms with E-state index in [0.29, 0.717) is 32.1 Å². The third-order valence-electron chi connectivity index (χ3n) is 12.3. The van der Waals surface area contributed by atoms with Crippen molar-refractivity contribution in [2.75, 3.05) is 11.1 Å². The smallest absolute Gasteiger partial charge is 0.347 e. The van der Waals surface area contributed by atoms with Crippen LogP contribution in [0.15, 0.2) is 35.2 Å². The lowest BCUT2D eigenvalue weighted by atomic mass is 9.82.